The zero-order valence-electron chi connectivity index (χ0n) is 53.0. The van der Waals surface area contributed by atoms with E-state index in [-0.39, 0.29) is 43.2 Å². The molecule has 2 heterocycles. The van der Waals surface area contributed by atoms with Gasteiger partial charge < -0.3 is 5.11 Å². The van der Waals surface area contributed by atoms with Crippen molar-refractivity contribution in [2.24, 2.45) is 0 Å². The summed E-state index contributed by atoms with van der Waals surface area (Å²) in [5.41, 5.74) is 11.6. The monoisotopic (exact) mass is 1170 g/mol. The first-order chi connectivity index (χ1) is 38.9. The van der Waals surface area contributed by atoms with Gasteiger partial charge in [0.25, 0.3) is 0 Å². The molecule has 0 radical (unpaired) electrons. The van der Waals surface area contributed by atoms with Crippen molar-refractivity contribution in [3.63, 3.8) is 0 Å². The molecule has 4 nitrogen and oxygen atoms in total. The SMILES string of the molecule is [2H]C([2H])([2H])C(c1ccc(-c2ccnc(-c3[c-]c(-c4cccc5c4nc(-c4cc(C(C)(C)C)cc(C(C)(C)C)c4O)n5-c4cc(-c5ccccc5)c(C(C)(C)C)cc4-c4ccccc4)cc(-c4ccccc4)c3)c2)cc1)(C([2H])([2H])[2H])C([2H])([2H])[2H].[Pt]. The Morgan fingerprint density at radius 1 is 0.453 bits per heavy atom. The Morgan fingerprint density at radius 3 is 1.64 bits per heavy atom. The van der Waals surface area contributed by atoms with Gasteiger partial charge in [-0.25, -0.2) is 4.98 Å². The molecule has 0 unspecified atom stereocenters. The summed E-state index contributed by atoms with van der Waals surface area (Å²) in [5.74, 6) is 0.723. The second kappa shape index (κ2) is 20.2. The number of pyridine rings is 1. The second-order valence-electron chi connectivity index (χ2n) is 22.6. The van der Waals surface area contributed by atoms with E-state index in [0.717, 1.165) is 66.8 Å². The van der Waals surface area contributed by atoms with Gasteiger partial charge in [0.05, 0.1) is 22.3 Å². The molecule has 0 amide bonds. The van der Waals surface area contributed by atoms with Crippen LogP contribution >= 0.6 is 0 Å². The number of aromatic nitrogens is 3. The molecule has 0 aliphatic carbocycles. The molecule has 0 bridgehead atoms. The van der Waals surface area contributed by atoms with Gasteiger partial charge in [-0.1, -0.05) is 239 Å². The average Bonchev–Trinajstić information content (AvgIpc) is 1.71. The van der Waals surface area contributed by atoms with Crippen molar-refractivity contribution in [1.82, 2.24) is 14.5 Å². The molecule has 0 aliphatic heterocycles. The van der Waals surface area contributed by atoms with Crippen molar-refractivity contribution < 1.29 is 38.5 Å². The predicted molar refractivity (Wildman–Crippen MR) is 312 cm³/mol. The van der Waals surface area contributed by atoms with Crippen LogP contribution in [-0.4, -0.2) is 19.6 Å². The van der Waals surface area contributed by atoms with E-state index >= 15 is 0 Å². The normalized spacial score (nSPS) is 14.5. The number of fused-ring (bicyclic) bond motifs is 1. The molecule has 0 aliphatic rings. The van der Waals surface area contributed by atoms with Gasteiger partial charge in [-0.3, -0.25) is 9.55 Å². The number of phenolic OH excluding ortho intramolecular Hbond substituents is 1. The number of hydrogen-bond acceptors (Lipinski definition) is 3. The van der Waals surface area contributed by atoms with E-state index < -0.39 is 31.4 Å². The first kappa shape index (κ1) is 42.1. The minimum atomic E-state index is -3.39. The van der Waals surface area contributed by atoms with Crippen LogP contribution in [0.25, 0.3) is 95.0 Å². The quantitative estimate of drug-likeness (QED) is 0.154. The molecule has 1 N–H and O–H groups in total. The third-order valence-electron chi connectivity index (χ3n) is 14.0. The third kappa shape index (κ3) is 10.6. The first-order valence-corrected chi connectivity index (χ1v) is 25.3. The number of phenols is 1. The smallest absolute Gasteiger partial charge is 0.148 e. The van der Waals surface area contributed by atoms with Gasteiger partial charge in [0.15, 0.2) is 0 Å². The summed E-state index contributed by atoms with van der Waals surface area (Å²) in [4.78, 5) is 10.6. The van der Waals surface area contributed by atoms with Crippen LogP contribution in [0.15, 0.2) is 188 Å². The van der Waals surface area contributed by atoms with Gasteiger partial charge in [0.2, 0.25) is 0 Å². The fraction of sp³-hybridized carbons (Fsp3) is 0.229. The molecule has 0 fully saturated rings. The Morgan fingerprint density at radius 2 is 1.04 bits per heavy atom. The molecule has 10 aromatic rings. The fourth-order valence-electron chi connectivity index (χ4n) is 9.97. The molecule has 75 heavy (non-hydrogen) atoms. The summed E-state index contributed by atoms with van der Waals surface area (Å²) in [5, 5.41) is 12.9. The summed E-state index contributed by atoms with van der Waals surface area (Å²) >= 11 is 0. The second-order valence-corrected chi connectivity index (χ2v) is 22.6. The van der Waals surface area contributed by atoms with E-state index in [0.29, 0.717) is 39.3 Å². The summed E-state index contributed by atoms with van der Waals surface area (Å²) in [6.45, 7) is 9.50. The standard InChI is InChI=1S/C70H68N3O.Pt/c1-67(2,3)53-33-31-46(32-34-53)49-35-36-71-61(40-49)52-38-50(45-23-16-13-17-24-45)37-51(39-52)55-29-22-30-62-64(55)72-66(58-41-54(68(4,5)6)42-60(65(58)74)70(10,11)12)73(62)63-44-56(47-25-18-14-19-26-47)59(69(7,8)9)43-57(63)48-27-20-15-21-28-48;/h13-38,40-44,74H,1-12H3;/q-1;/i1D3,2D3,3D3;. The minimum absolute atomic E-state index is 0. The largest absolute Gasteiger partial charge is 0.507 e. The van der Waals surface area contributed by atoms with Gasteiger partial charge in [0.1, 0.15) is 11.6 Å². The van der Waals surface area contributed by atoms with E-state index in [1.807, 2.05) is 60.7 Å². The van der Waals surface area contributed by atoms with Crippen LogP contribution in [0.1, 0.15) is 117 Å². The van der Waals surface area contributed by atoms with Crippen molar-refractivity contribution in [2.75, 3.05) is 0 Å². The molecule has 8 aromatic carbocycles. The van der Waals surface area contributed by atoms with Gasteiger partial charge in [-0.15, -0.1) is 23.8 Å². The molecular formula is C70H68N3OPt-. The maximum Gasteiger partial charge on any atom is 0.148 e. The zero-order valence-corrected chi connectivity index (χ0v) is 46.3. The maximum absolute atomic E-state index is 12.9. The van der Waals surface area contributed by atoms with E-state index in [2.05, 4.69) is 164 Å². The number of para-hydroxylation sites is 1. The van der Waals surface area contributed by atoms with Crippen molar-refractivity contribution in [3.05, 3.63) is 217 Å². The van der Waals surface area contributed by atoms with E-state index in [9.17, 15) is 5.11 Å². The Bertz CT molecular complexity index is 4000. The topological polar surface area (TPSA) is 50.9 Å². The first-order valence-electron chi connectivity index (χ1n) is 29.8. The number of rotatable bonds is 8. The number of nitrogens with zero attached hydrogens (tertiary/aromatic N) is 3. The van der Waals surface area contributed by atoms with E-state index in [4.69, 9.17) is 22.3 Å². The van der Waals surface area contributed by atoms with Crippen molar-refractivity contribution in [1.29, 1.82) is 0 Å². The number of imidazole rings is 1. The molecule has 0 atom stereocenters. The molecule has 0 saturated heterocycles. The Kier molecular flexibility index (Phi) is 11.3. The van der Waals surface area contributed by atoms with E-state index in [1.54, 1.807) is 24.4 Å². The molecule has 0 saturated carbocycles. The average molecular weight is 1170 g/mol. The third-order valence-corrected chi connectivity index (χ3v) is 14.0. The molecule has 5 heteroatoms. The van der Waals surface area contributed by atoms with Gasteiger partial charge in [-0.05, 0) is 102 Å². The summed E-state index contributed by atoms with van der Waals surface area (Å²) < 4.78 is 76.7. The van der Waals surface area contributed by atoms with Crippen LogP contribution in [0.2, 0.25) is 0 Å². The van der Waals surface area contributed by atoms with Crippen LogP contribution in [0.5, 0.6) is 5.75 Å². The fourth-order valence-corrected chi connectivity index (χ4v) is 9.97. The maximum atomic E-state index is 12.9. The van der Waals surface area contributed by atoms with Crippen LogP contribution in [0, 0.1) is 6.07 Å². The zero-order chi connectivity index (χ0) is 59.8. The summed E-state index contributed by atoms with van der Waals surface area (Å²) in [7, 11) is 0. The van der Waals surface area contributed by atoms with Gasteiger partial charge in [-0.2, -0.15) is 0 Å². The number of hydrogen-bond donors (Lipinski definition) is 1. The Hall–Kier alpha value is -7.13. The van der Waals surface area contributed by atoms with E-state index in [1.165, 1.54) is 17.7 Å². The Labute approximate surface area is 472 Å². The predicted octanol–water partition coefficient (Wildman–Crippen LogP) is 18.8. The molecule has 380 valence electrons. The number of aromatic hydroxyl groups is 1. The Balaban J connectivity index is 0.00000846. The molecular weight excluding hydrogens is 1090 g/mol. The molecule has 2 aromatic heterocycles. The molecule has 10 rings (SSSR count). The van der Waals surface area contributed by atoms with Crippen molar-refractivity contribution in [3.8, 4) is 89.7 Å². The van der Waals surface area contributed by atoms with Crippen molar-refractivity contribution in [2.45, 2.75) is 105 Å². The summed E-state index contributed by atoms with van der Waals surface area (Å²) in [6, 6.07) is 63.3. The summed E-state index contributed by atoms with van der Waals surface area (Å²) in [6.07, 6.45) is 1.66. The number of benzene rings is 8. The van der Waals surface area contributed by atoms with Gasteiger partial charge >= 0.3 is 0 Å². The van der Waals surface area contributed by atoms with Crippen LogP contribution in [0.3, 0.4) is 0 Å². The minimum Gasteiger partial charge on any atom is -0.507 e. The molecule has 0 spiro atoms. The van der Waals surface area contributed by atoms with Crippen LogP contribution < -0.4 is 0 Å². The van der Waals surface area contributed by atoms with Crippen LogP contribution in [-0.2, 0) is 42.7 Å². The van der Waals surface area contributed by atoms with Crippen LogP contribution in [0.4, 0.5) is 0 Å². The van der Waals surface area contributed by atoms with Crippen molar-refractivity contribution >= 4 is 11.0 Å². The van der Waals surface area contributed by atoms with Gasteiger partial charge in [0, 0.05) is 56.4 Å².